The number of halogens is 1. The van der Waals surface area contributed by atoms with Crippen LogP contribution in [0.25, 0.3) is 0 Å². The van der Waals surface area contributed by atoms with E-state index >= 15 is 0 Å². The average Bonchev–Trinajstić information content (AvgIpc) is 2.82. The van der Waals surface area contributed by atoms with Crippen molar-refractivity contribution in [2.24, 2.45) is 0 Å². The van der Waals surface area contributed by atoms with Gasteiger partial charge in [-0.15, -0.1) is 0 Å². The highest BCUT2D eigenvalue weighted by Gasteiger charge is 2.46. The summed E-state index contributed by atoms with van der Waals surface area (Å²) in [6, 6.07) is 12.4. The van der Waals surface area contributed by atoms with Gasteiger partial charge in [0.05, 0.1) is 20.3 Å². The lowest BCUT2D eigenvalue weighted by Crippen LogP contribution is -2.69. The third-order valence-electron chi connectivity index (χ3n) is 6.17. The Kier molecular flexibility index (Phi) is 6.86. The van der Waals surface area contributed by atoms with Gasteiger partial charge in [0.1, 0.15) is 6.04 Å². The Bertz CT molecular complexity index is 982. The first-order chi connectivity index (χ1) is 15.5. The van der Waals surface area contributed by atoms with Gasteiger partial charge in [-0.1, -0.05) is 29.8 Å². The normalized spacial score (nSPS) is 20.8. The molecular formula is C24H28ClN3O4. The largest absolute Gasteiger partial charge is 0.493 e. The SMILES string of the molecule is COc1ccc(CCN2C(=O)C3NCCCC3N(Cc3ccc(Cl)cc3)C2=O)cc1OC. The molecule has 2 fully saturated rings. The highest BCUT2D eigenvalue weighted by Crippen LogP contribution is 2.29. The molecule has 2 heterocycles. The molecule has 3 amide bonds. The molecule has 2 aliphatic heterocycles. The zero-order valence-electron chi connectivity index (χ0n) is 18.3. The van der Waals surface area contributed by atoms with E-state index in [9.17, 15) is 9.59 Å². The molecular weight excluding hydrogens is 430 g/mol. The number of carbonyl (C=O) groups excluding carboxylic acids is 2. The standard InChI is InChI=1S/C24H28ClN3O4/c1-31-20-10-7-16(14-21(20)32-2)11-13-27-23(29)22-19(4-3-12-26-22)28(24(27)30)15-17-5-8-18(25)9-6-17/h5-10,14,19,22,26H,3-4,11-13,15H2,1-2H3. The Morgan fingerprint density at radius 2 is 1.75 bits per heavy atom. The van der Waals surface area contributed by atoms with Gasteiger partial charge in [0.15, 0.2) is 11.5 Å². The van der Waals surface area contributed by atoms with E-state index in [4.69, 9.17) is 21.1 Å². The number of nitrogens with one attached hydrogen (secondary N) is 1. The maximum Gasteiger partial charge on any atom is 0.327 e. The molecule has 2 aromatic carbocycles. The van der Waals surface area contributed by atoms with Crippen LogP contribution in [0.5, 0.6) is 11.5 Å². The monoisotopic (exact) mass is 457 g/mol. The molecule has 7 nitrogen and oxygen atoms in total. The lowest BCUT2D eigenvalue weighted by atomic mass is 9.93. The van der Waals surface area contributed by atoms with Crippen molar-refractivity contribution in [1.82, 2.24) is 15.1 Å². The number of hydrogen-bond acceptors (Lipinski definition) is 5. The number of urea groups is 1. The van der Waals surface area contributed by atoms with Crippen LogP contribution >= 0.6 is 11.6 Å². The molecule has 2 unspecified atom stereocenters. The second-order valence-corrected chi connectivity index (χ2v) is 8.54. The average molecular weight is 458 g/mol. The molecule has 2 aliphatic rings. The molecule has 0 spiro atoms. The van der Waals surface area contributed by atoms with E-state index in [1.54, 1.807) is 14.2 Å². The van der Waals surface area contributed by atoms with Crippen molar-refractivity contribution < 1.29 is 19.1 Å². The first-order valence-electron chi connectivity index (χ1n) is 10.8. The molecule has 0 aliphatic carbocycles. The summed E-state index contributed by atoms with van der Waals surface area (Å²) < 4.78 is 10.7. The number of amides is 3. The number of imide groups is 1. The lowest BCUT2D eigenvalue weighted by molar-refractivity contribution is -0.137. The third kappa shape index (κ3) is 4.54. The van der Waals surface area contributed by atoms with Gasteiger partial charge in [-0.2, -0.15) is 0 Å². The van der Waals surface area contributed by atoms with Gasteiger partial charge in [-0.3, -0.25) is 9.69 Å². The van der Waals surface area contributed by atoms with Crippen molar-refractivity contribution in [3.63, 3.8) is 0 Å². The molecule has 32 heavy (non-hydrogen) atoms. The molecule has 170 valence electrons. The van der Waals surface area contributed by atoms with E-state index in [0.29, 0.717) is 36.0 Å². The Hall–Kier alpha value is -2.77. The van der Waals surface area contributed by atoms with Gasteiger partial charge >= 0.3 is 6.03 Å². The summed E-state index contributed by atoms with van der Waals surface area (Å²) in [6.45, 7) is 1.52. The molecule has 0 aromatic heterocycles. The van der Waals surface area contributed by atoms with Gasteiger partial charge in [0.2, 0.25) is 5.91 Å². The van der Waals surface area contributed by atoms with Crippen LogP contribution < -0.4 is 14.8 Å². The van der Waals surface area contributed by atoms with Crippen LogP contribution in [-0.4, -0.2) is 61.1 Å². The van der Waals surface area contributed by atoms with E-state index in [0.717, 1.165) is 30.5 Å². The molecule has 0 radical (unpaired) electrons. The quantitative estimate of drug-likeness (QED) is 0.689. The van der Waals surface area contributed by atoms with Gasteiger partial charge in [-0.05, 0) is 61.2 Å². The van der Waals surface area contributed by atoms with Gasteiger partial charge in [-0.25, -0.2) is 4.79 Å². The fourth-order valence-electron chi connectivity index (χ4n) is 4.47. The number of ether oxygens (including phenoxy) is 2. The number of carbonyl (C=O) groups is 2. The first kappa shape index (κ1) is 22.4. The molecule has 8 heteroatoms. The molecule has 2 saturated heterocycles. The van der Waals surface area contributed by atoms with E-state index in [1.165, 1.54) is 4.90 Å². The van der Waals surface area contributed by atoms with Gasteiger partial charge in [0.25, 0.3) is 0 Å². The molecule has 0 bridgehead atoms. The Morgan fingerprint density at radius 3 is 2.47 bits per heavy atom. The minimum absolute atomic E-state index is 0.142. The second kappa shape index (κ2) is 9.79. The fourth-order valence-corrected chi connectivity index (χ4v) is 4.60. The van der Waals surface area contributed by atoms with E-state index in [1.807, 2.05) is 47.4 Å². The number of nitrogens with zero attached hydrogens (tertiary/aromatic N) is 2. The summed E-state index contributed by atoms with van der Waals surface area (Å²) in [6.07, 6.45) is 2.28. The number of rotatable bonds is 7. The van der Waals surface area contributed by atoms with Crippen LogP contribution in [0.2, 0.25) is 5.02 Å². The predicted octanol–water partition coefficient (Wildman–Crippen LogP) is 3.48. The molecule has 1 N–H and O–H groups in total. The van der Waals surface area contributed by atoms with Crippen LogP contribution in [0, 0.1) is 0 Å². The third-order valence-corrected chi connectivity index (χ3v) is 6.42. The topological polar surface area (TPSA) is 71.1 Å². The van der Waals surface area contributed by atoms with Crippen LogP contribution in [0.1, 0.15) is 24.0 Å². The minimum Gasteiger partial charge on any atom is -0.493 e. The molecule has 2 aromatic rings. The fraction of sp³-hybridized carbons (Fsp3) is 0.417. The number of methoxy groups -OCH3 is 2. The smallest absolute Gasteiger partial charge is 0.327 e. The minimum atomic E-state index is -0.376. The van der Waals surface area contributed by atoms with E-state index in [-0.39, 0.29) is 24.0 Å². The molecule has 4 rings (SSSR count). The van der Waals surface area contributed by atoms with Crippen LogP contribution in [-0.2, 0) is 17.8 Å². The van der Waals surface area contributed by atoms with Crippen molar-refractivity contribution in [3.8, 4) is 11.5 Å². The summed E-state index contributed by atoms with van der Waals surface area (Å²) in [5.74, 6) is 1.12. The Labute approximate surface area is 193 Å². The van der Waals surface area contributed by atoms with Crippen molar-refractivity contribution in [1.29, 1.82) is 0 Å². The highest BCUT2D eigenvalue weighted by molar-refractivity contribution is 6.30. The van der Waals surface area contributed by atoms with Gasteiger partial charge < -0.3 is 19.7 Å². The Morgan fingerprint density at radius 1 is 1.03 bits per heavy atom. The van der Waals surface area contributed by atoms with E-state index in [2.05, 4.69) is 5.32 Å². The lowest BCUT2D eigenvalue weighted by Gasteiger charge is -2.47. The number of piperidine rings is 1. The maximum atomic E-state index is 13.4. The summed E-state index contributed by atoms with van der Waals surface area (Å²) in [5.41, 5.74) is 1.95. The first-order valence-corrected chi connectivity index (χ1v) is 11.2. The van der Waals surface area contributed by atoms with Crippen LogP contribution in [0.15, 0.2) is 42.5 Å². The van der Waals surface area contributed by atoms with E-state index < -0.39 is 0 Å². The number of fused-ring (bicyclic) bond motifs is 1. The van der Waals surface area contributed by atoms with Gasteiger partial charge in [0, 0.05) is 18.1 Å². The van der Waals surface area contributed by atoms with Crippen molar-refractivity contribution in [2.45, 2.75) is 37.9 Å². The summed E-state index contributed by atoms with van der Waals surface area (Å²) >= 11 is 6.02. The zero-order chi connectivity index (χ0) is 22.7. The Balaban J connectivity index is 1.54. The van der Waals surface area contributed by atoms with Crippen molar-refractivity contribution in [2.75, 3.05) is 27.3 Å². The number of benzene rings is 2. The summed E-state index contributed by atoms with van der Waals surface area (Å²) in [7, 11) is 3.17. The van der Waals surface area contributed by atoms with Crippen molar-refractivity contribution >= 4 is 23.5 Å². The molecule has 2 atom stereocenters. The molecule has 0 saturated carbocycles. The predicted molar refractivity (Wildman–Crippen MR) is 122 cm³/mol. The second-order valence-electron chi connectivity index (χ2n) is 8.11. The summed E-state index contributed by atoms with van der Waals surface area (Å²) in [5, 5.41) is 3.99. The zero-order valence-corrected chi connectivity index (χ0v) is 19.1. The summed E-state index contributed by atoms with van der Waals surface area (Å²) in [4.78, 5) is 29.9. The van der Waals surface area contributed by atoms with Crippen LogP contribution in [0.4, 0.5) is 4.79 Å². The maximum absolute atomic E-state index is 13.4. The van der Waals surface area contributed by atoms with Crippen molar-refractivity contribution in [3.05, 3.63) is 58.6 Å². The van der Waals surface area contributed by atoms with Crippen LogP contribution in [0.3, 0.4) is 0 Å². The number of hydrogen-bond donors (Lipinski definition) is 1. The highest BCUT2D eigenvalue weighted by atomic mass is 35.5.